The van der Waals surface area contributed by atoms with Gasteiger partial charge in [0.15, 0.2) is 0 Å². The molecule has 1 fully saturated rings. The summed E-state index contributed by atoms with van der Waals surface area (Å²) >= 11 is 1.70. The van der Waals surface area contributed by atoms with Crippen LogP contribution in [0.1, 0.15) is 29.8 Å². The molecule has 2 aliphatic heterocycles. The van der Waals surface area contributed by atoms with Crippen molar-refractivity contribution in [2.75, 3.05) is 38.2 Å². The van der Waals surface area contributed by atoms with Gasteiger partial charge < -0.3 is 9.73 Å². The van der Waals surface area contributed by atoms with Crippen LogP contribution in [-0.4, -0.2) is 53.6 Å². The van der Waals surface area contributed by atoms with Crippen LogP contribution in [0.5, 0.6) is 0 Å². The number of thioether (sulfide) groups is 1. The number of furan rings is 1. The molecule has 0 unspecified atom stereocenters. The maximum atomic E-state index is 13.0. The van der Waals surface area contributed by atoms with Crippen LogP contribution in [0, 0.1) is 5.92 Å². The Morgan fingerprint density at radius 1 is 1.31 bits per heavy atom. The average molecular weight is 414 g/mol. The molecule has 2 aromatic heterocycles. The molecule has 154 valence electrons. The SMILES string of the molecule is CSCCNC(=O)[C@H]1[C@H]2C[C@H](CN(C/C=C/c3ccco3)C2)c2cccc(=O)n21. The summed E-state index contributed by atoms with van der Waals surface area (Å²) in [5, 5.41) is 3.04. The number of fused-ring (bicyclic) bond motifs is 4. The number of pyridine rings is 1. The fraction of sp³-hybridized carbons (Fsp3) is 0.455. The summed E-state index contributed by atoms with van der Waals surface area (Å²) in [5.74, 6) is 2.07. The van der Waals surface area contributed by atoms with Gasteiger partial charge in [0.05, 0.1) is 6.26 Å². The fourth-order valence-electron chi connectivity index (χ4n) is 4.60. The third kappa shape index (κ3) is 4.36. The quantitative estimate of drug-likeness (QED) is 0.707. The number of amides is 1. The van der Waals surface area contributed by atoms with E-state index in [2.05, 4.69) is 16.3 Å². The van der Waals surface area contributed by atoms with Gasteiger partial charge in [0.1, 0.15) is 11.8 Å². The summed E-state index contributed by atoms with van der Waals surface area (Å²) in [5.41, 5.74) is 0.909. The highest BCUT2D eigenvalue weighted by Gasteiger charge is 2.43. The first-order chi connectivity index (χ1) is 14.2. The Bertz CT molecular complexity index is 922. The van der Waals surface area contributed by atoms with E-state index >= 15 is 0 Å². The van der Waals surface area contributed by atoms with E-state index in [9.17, 15) is 9.59 Å². The van der Waals surface area contributed by atoms with Crippen LogP contribution in [0.25, 0.3) is 6.08 Å². The van der Waals surface area contributed by atoms with E-state index in [0.29, 0.717) is 6.54 Å². The van der Waals surface area contributed by atoms with Crippen LogP contribution in [0.2, 0.25) is 0 Å². The van der Waals surface area contributed by atoms with Crippen LogP contribution in [0.3, 0.4) is 0 Å². The minimum absolute atomic E-state index is 0.0370. The summed E-state index contributed by atoms with van der Waals surface area (Å²) in [7, 11) is 0. The summed E-state index contributed by atoms with van der Waals surface area (Å²) in [6.07, 6.45) is 8.72. The van der Waals surface area contributed by atoms with E-state index in [1.165, 1.54) is 0 Å². The van der Waals surface area contributed by atoms with E-state index in [1.54, 1.807) is 28.7 Å². The lowest BCUT2D eigenvalue weighted by Crippen LogP contribution is -2.53. The third-order valence-electron chi connectivity index (χ3n) is 5.79. The van der Waals surface area contributed by atoms with E-state index < -0.39 is 6.04 Å². The number of carbonyl (C=O) groups is 1. The van der Waals surface area contributed by atoms with Crippen LogP contribution in [-0.2, 0) is 4.79 Å². The fourth-order valence-corrected chi connectivity index (χ4v) is 4.91. The van der Waals surface area contributed by atoms with Crippen molar-refractivity contribution in [2.24, 2.45) is 5.92 Å². The molecule has 0 radical (unpaired) electrons. The minimum Gasteiger partial charge on any atom is -0.465 e. The number of nitrogens with one attached hydrogen (secondary N) is 1. The first-order valence-corrected chi connectivity index (χ1v) is 11.5. The van der Waals surface area contributed by atoms with Gasteiger partial charge in [-0.15, -0.1) is 0 Å². The first kappa shape index (κ1) is 20.0. The van der Waals surface area contributed by atoms with Crippen molar-refractivity contribution >= 4 is 23.7 Å². The smallest absolute Gasteiger partial charge is 0.251 e. The van der Waals surface area contributed by atoms with Crippen molar-refractivity contribution in [3.05, 3.63) is 64.5 Å². The molecular formula is C22H27N3O3S. The normalized spacial score (nSPS) is 23.8. The predicted molar refractivity (Wildman–Crippen MR) is 116 cm³/mol. The number of hydrogen-bond acceptors (Lipinski definition) is 5. The largest absolute Gasteiger partial charge is 0.465 e. The molecule has 2 aliphatic rings. The second-order valence-electron chi connectivity index (χ2n) is 7.72. The van der Waals surface area contributed by atoms with E-state index in [0.717, 1.165) is 43.3 Å². The topological polar surface area (TPSA) is 67.5 Å². The van der Waals surface area contributed by atoms with E-state index in [-0.39, 0.29) is 23.3 Å². The van der Waals surface area contributed by atoms with Crippen LogP contribution < -0.4 is 10.9 Å². The van der Waals surface area contributed by atoms with Crippen molar-refractivity contribution < 1.29 is 9.21 Å². The van der Waals surface area contributed by atoms with E-state index in [1.807, 2.05) is 36.6 Å². The highest BCUT2D eigenvalue weighted by Crippen LogP contribution is 2.41. The minimum atomic E-state index is -0.436. The average Bonchev–Trinajstić information content (AvgIpc) is 3.22. The highest BCUT2D eigenvalue weighted by atomic mass is 32.2. The van der Waals surface area contributed by atoms with Gasteiger partial charge in [0.25, 0.3) is 5.56 Å². The molecule has 3 atom stereocenters. The van der Waals surface area contributed by atoms with Crippen LogP contribution in [0.15, 0.2) is 51.9 Å². The first-order valence-electron chi connectivity index (χ1n) is 10.1. The zero-order valence-corrected chi connectivity index (χ0v) is 17.4. The molecule has 0 aromatic carbocycles. The molecule has 29 heavy (non-hydrogen) atoms. The van der Waals surface area contributed by atoms with Crippen molar-refractivity contribution in [3.8, 4) is 0 Å². The number of nitrogens with zero attached hydrogens (tertiary/aromatic N) is 2. The summed E-state index contributed by atoms with van der Waals surface area (Å²) in [4.78, 5) is 28.1. The van der Waals surface area contributed by atoms with Crippen LogP contribution >= 0.6 is 11.8 Å². The van der Waals surface area contributed by atoms with Gasteiger partial charge in [0, 0.05) is 55.5 Å². The second-order valence-corrected chi connectivity index (χ2v) is 8.70. The van der Waals surface area contributed by atoms with Crippen molar-refractivity contribution in [1.82, 2.24) is 14.8 Å². The van der Waals surface area contributed by atoms with Gasteiger partial charge in [0.2, 0.25) is 5.91 Å². The molecular weight excluding hydrogens is 386 g/mol. The number of rotatable bonds is 7. The number of carbonyl (C=O) groups excluding carboxylic acids is 1. The van der Waals surface area contributed by atoms with Gasteiger partial charge in [-0.25, -0.2) is 0 Å². The molecule has 0 saturated carbocycles. The van der Waals surface area contributed by atoms with Gasteiger partial charge in [-0.2, -0.15) is 11.8 Å². The summed E-state index contributed by atoms with van der Waals surface area (Å²) in [6.45, 7) is 3.12. The molecule has 4 rings (SSSR count). The zero-order chi connectivity index (χ0) is 20.2. The lowest BCUT2D eigenvalue weighted by atomic mass is 9.78. The lowest BCUT2D eigenvalue weighted by molar-refractivity contribution is -0.127. The molecule has 1 saturated heterocycles. The van der Waals surface area contributed by atoms with Crippen molar-refractivity contribution in [1.29, 1.82) is 0 Å². The van der Waals surface area contributed by atoms with Gasteiger partial charge in [-0.3, -0.25) is 19.1 Å². The molecule has 6 nitrogen and oxygen atoms in total. The molecule has 0 aliphatic carbocycles. The standard InChI is InChI=1S/C22H27N3O3S/c1-29-12-9-23-22(27)21-17-13-16(19-7-2-8-20(26)25(19)21)14-24(15-17)10-3-5-18-6-4-11-28-18/h2-8,11,16-17,21H,9-10,12-15H2,1H3,(H,23,27)/b5-3+/t16-,17+,21-/m1/s1. The Morgan fingerprint density at radius 2 is 2.21 bits per heavy atom. The Balaban J connectivity index is 1.55. The van der Waals surface area contributed by atoms with Crippen molar-refractivity contribution in [3.63, 3.8) is 0 Å². The van der Waals surface area contributed by atoms with Crippen LogP contribution in [0.4, 0.5) is 0 Å². The number of likely N-dealkylation sites (tertiary alicyclic amines) is 1. The Kier molecular flexibility index (Phi) is 6.25. The lowest BCUT2D eigenvalue weighted by Gasteiger charge is -2.46. The Hall–Kier alpha value is -2.25. The van der Waals surface area contributed by atoms with Gasteiger partial charge in [-0.05, 0) is 37.0 Å². The highest BCUT2D eigenvalue weighted by molar-refractivity contribution is 7.98. The summed E-state index contributed by atoms with van der Waals surface area (Å²) in [6, 6.07) is 8.75. The zero-order valence-electron chi connectivity index (χ0n) is 16.6. The summed E-state index contributed by atoms with van der Waals surface area (Å²) < 4.78 is 7.11. The molecule has 4 heterocycles. The van der Waals surface area contributed by atoms with Gasteiger partial charge in [-0.1, -0.05) is 12.1 Å². The Morgan fingerprint density at radius 3 is 3.00 bits per heavy atom. The molecule has 2 bridgehead atoms. The number of aromatic nitrogens is 1. The van der Waals surface area contributed by atoms with Crippen molar-refractivity contribution in [2.45, 2.75) is 18.4 Å². The third-order valence-corrected chi connectivity index (χ3v) is 6.40. The maximum Gasteiger partial charge on any atom is 0.251 e. The number of hydrogen-bond donors (Lipinski definition) is 1. The van der Waals surface area contributed by atoms with Gasteiger partial charge >= 0.3 is 0 Å². The number of piperidine rings is 1. The van der Waals surface area contributed by atoms with E-state index in [4.69, 9.17) is 4.42 Å². The molecule has 7 heteroatoms. The monoisotopic (exact) mass is 413 g/mol. The molecule has 2 aromatic rings. The molecule has 1 amide bonds. The Labute approximate surface area is 175 Å². The maximum absolute atomic E-state index is 13.0. The predicted octanol–water partition coefficient (Wildman–Crippen LogP) is 2.59. The molecule has 0 spiro atoms. The molecule has 1 N–H and O–H groups in total. The second kappa shape index (κ2) is 9.05.